The smallest absolute Gasteiger partial charge is 0.342 e. The molecule has 0 spiro atoms. The lowest BCUT2D eigenvalue weighted by molar-refractivity contribution is -0.116. The molecule has 27 heavy (non-hydrogen) atoms. The van der Waals surface area contributed by atoms with Crippen molar-refractivity contribution in [1.82, 2.24) is 0 Å². The zero-order valence-corrected chi connectivity index (χ0v) is 15.0. The molecule has 1 aliphatic heterocycles. The van der Waals surface area contributed by atoms with Crippen LogP contribution < -0.4 is 10.9 Å². The zero-order valence-electron chi connectivity index (χ0n) is 15.0. The Bertz CT molecular complexity index is 1190. The average Bonchev–Trinajstić information content (AvgIpc) is 2.67. The zero-order chi connectivity index (χ0) is 18.5. The number of allylic oxidation sites excluding steroid dienone is 2. The highest BCUT2D eigenvalue weighted by Gasteiger charge is 2.38. The van der Waals surface area contributed by atoms with Crippen LogP contribution >= 0.6 is 0 Å². The molecule has 4 heteroatoms. The van der Waals surface area contributed by atoms with E-state index in [1.807, 2.05) is 43.3 Å². The van der Waals surface area contributed by atoms with Gasteiger partial charge in [-0.2, -0.15) is 0 Å². The molecule has 0 bridgehead atoms. The topological polar surface area (TPSA) is 59.3 Å². The van der Waals surface area contributed by atoms with E-state index in [-0.39, 0.29) is 17.3 Å². The maximum Gasteiger partial charge on any atom is 0.342 e. The first kappa shape index (κ1) is 16.1. The Morgan fingerprint density at radius 3 is 2.74 bits per heavy atom. The van der Waals surface area contributed by atoms with Gasteiger partial charge in [0, 0.05) is 29.0 Å². The van der Waals surface area contributed by atoms with E-state index in [0.717, 1.165) is 46.3 Å². The van der Waals surface area contributed by atoms with E-state index in [4.69, 9.17) is 4.42 Å². The van der Waals surface area contributed by atoms with E-state index < -0.39 is 0 Å². The fourth-order valence-corrected chi connectivity index (χ4v) is 4.37. The number of carbonyl (C=O) groups is 1. The summed E-state index contributed by atoms with van der Waals surface area (Å²) in [5.41, 5.74) is 5.22. The van der Waals surface area contributed by atoms with E-state index in [9.17, 15) is 9.59 Å². The minimum absolute atomic E-state index is 0.119. The fraction of sp³-hybridized carbons (Fsp3) is 0.217. The molecule has 134 valence electrons. The summed E-state index contributed by atoms with van der Waals surface area (Å²) in [5.74, 6) is -0.265. The second-order valence-electron chi connectivity index (χ2n) is 7.32. The molecule has 1 unspecified atom stereocenters. The molecule has 0 saturated heterocycles. The summed E-state index contributed by atoms with van der Waals surface area (Å²) in [6, 6.07) is 15.6. The first-order valence-electron chi connectivity index (χ1n) is 9.29. The first-order valence-corrected chi connectivity index (χ1v) is 9.29. The molecule has 5 rings (SSSR count). The van der Waals surface area contributed by atoms with Crippen LogP contribution in [0.4, 0.5) is 5.69 Å². The summed E-state index contributed by atoms with van der Waals surface area (Å²) in [6.45, 7) is 2.02. The molecule has 1 N–H and O–H groups in total. The number of fused-ring (bicyclic) bond motifs is 3. The van der Waals surface area contributed by atoms with E-state index in [2.05, 4.69) is 11.4 Å². The molecular weight excluding hydrogens is 338 g/mol. The second kappa shape index (κ2) is 5.95. The quantitative estimate of drug-likeness (QED) is 0.643. The predicted molar refractivity (Wildman–Crippen MR) is 105 cm³/mol. The monoisotopic (exact) mass is 357 g/mol. The molecule has 0 saturated carbocycles. The normalized spacial score (nSPS) is 18.9. The third kappa shape index (κ3) is 2.44. The van der Waals surface area contributed by atoms with Gasteiger partial charge in [-0.3, -0.25) is 4.79 Å². The maximum absolute atomic E-state index is 13.0. The van der Waals surface area contributed by atoms with Crippen molar-refractivity contribution in [3.8, 4) is 0 Å². The van der Waals surface area contributed by atoms with Crippen LogP contribution in [0.3, 0.4) is 0 Å². The molecule has 2 heterocycles. The first-order chi connectivity index (χ1) is 13.1. The van der Waals surface area contributed by atoms with Crippen LogP contribution in [-0.4, -0.2) is 5.78 Å². The molecule has 1 atom stereocenters. The lowest BCUT2D eigenvalue weighted by atomic mass is 9.75. The Kier molecular flexibility index (Phi) is 3.54. The van der Waals surface area contributed by atoms with Crippen molar-refractivity contribution in [1.29, 1.82) is 0 Å². The molecule has 0 radical (unpaired) electrons. The predicted octanol–water partition coefficient (Wildman–Crippen LogP) is 4.67. The summed E-state index contributed by atoms with van der Waals surface area (Å²) < 4.78 is 5.63. The molecule has 3 aromatic rings. The van der Waals surface area contributed by atoms with Gasteiger partial charge in [0.05, 0.1) is 11.3 Å². The molecule has 4 nitrogen and oxygen atoms in total. The Hall–Kier alpha value is -3.14. The van der Waals surface area contributed by atoms with Crippen LogP contribution in [0.2, 0.25) is 0 Å². The van der Waals surface area contributed by atoms with Crippen molar-refractivity contribution in [2.45, 2.75) is 32.1 Å². The number of rotatable bonds is 1. The third-order valence-corrected chi connectivity index (χ3v) is 5.53. The standard InChI is InChI=1S/C23H19NO3/c1-13-6-4-7-14(12-13)19-20-16(9-5-10-17(20)25)24-22-15-8-2-3-11-18(15)27-23(26)21(19)22/h2-4,6-8,11-12,19,24H,5,9-10H2,1H3. The summed E-state index contributed by atoms with van der Waals surface area (Å²) in [7, 11) is 0. The molecule has 1 aromatic heterocycles. The molecule has 0 fully saturated rings. The van der Waals surface area contributed by atoms with Crippen LogP contribution in [0.5, 0.6) is 0 Å². The highest BCUT2D eigenvalue weighted by molar-refractivity contribution is 6.03. The van der Waals surface area contributed by atoms with Crippen molar-refractivity contribution < 1.29 is 9.21 Å². The summed E-state index contributed by atoms with van der Waals surface area (Å²) in [6.07, 6.45) is 2.17. The van der Waals surface area contributed by atoms with Gasteiger partial charge >= 0.3 is 5.63 Å². The van der Waals surface area contributed by atoms with Gasteiger partial charge in [0.1, 0.15) is 5.58 Å². The van der Waals surface area contributed by atoms with Crippen LogP contribution in [-0.2, 0) is 4.79 Å². The number of ketones is 1. The van der Waals surface area contributed by atoms with E-state index >= 15 is 0 Å². The Labute approximate surface area is 156 Å². The van der Waals surface area contributed by atoms with Crippen molar-refractivity contribution >= 4 is 22.4 Å². The van der Waals surface area contributed by atoms with Gasteiger partial charge in [0.2, 0.25) is 0 Å². The van der Waals surface area contributed by atoms with Crippen LogP contribution in [0.1, 0.15) is 41.9 Å². The lowest BCUT2D eigenvalue weighted by Gasteiger charge is -2.33. The fourth-order valence-electron chi connectivity index (χ4n) is 4.37. The van der Waals surface area contributed by atoms with Crippen LogP contribution in [0, 0.1) is 6.92 Å². The van der Waals surface area contributed by atoms with Gasteiger partial charge in [-0.25, -0.2) is 4.79 Å². The number of hydrogen-bond donors (Lipinski definition) is 1. The Balaban J connectivity index is 1.87. The number of hydrogen-bond acceptors (Lipinski definition) is 4. The highest BCUT2D eigenvalue weighted by atomic mass is 16.4. The number of aryl methyl sites for hydroxylation is 1. The minimum Gasteiger partial charge on any atom is -0.422 e. The van der Waals surface area contributed by atoms with Crippen molar-refractivity contribution in [2.75, 3.05) is 5.32 Å². The molecule has 2 aromatic carbocycles. The van der Waals surface area contributed by atoms with Crippen LogP contribution in [0.25, 0.3) is 11.0 Å². The SMILES string of the molecule is Cc1cccc(C2C3=C(CCCC3=O)Nc3c2c(=O)oc2ccccc32)c1. The van der Waals surface area contributed by atoms with E-state index in [1.165, 1.54) is 0 Å². The Morgan fingerprint density at radius 1 is 1.04 bits per heavy atom. The Morgan fingerprint density at radius 2 is 1.89 bits per heavy atom. The van der Waals surface area contributed by atoms with Gasteiger partial charge in [0.25, 0.3) is 0 Å². The molecule has 1 aliphatic carbocycles. The van der Waals surface area contributed by atoms with Gasteiger partial charge in [-0.15, -0.1) is 0 Å². The molecule has 0 amide bonds. The number of nitrogens with one attached hydrogen (secondary N) is 1. The minimum atomic E-state index is -0.384. The summed E-state index contributed by atoms with van der Waals surface area (Å²) in [4.78, 5) is 25.8. The number of carbonyl (C=O) groups excluding carboxylic acids is 1. The van der Waals surface area contributed by atoms with Crippen molar-refractivity contribution in [3.05, 3.63) is 86.9 Å². The number of benzene rings is 2. The summed E-state index contributed by atoms with van der Waals surface area (Å²) >= 11 is 0. The number of Topliss-reactive ketones (excluding diaryl/α,β-unsaturated/α-hetero) is 1. The molecular formula is C23H19NO3. The van der Waals surface area contributed by atoms with Gasteiger partial charge in [0.15, 0.2) is 5.78 Å². The van der Waals surface area contributed by atoms with E-state index in [0.29, 0.717) is 17.6 Å². The van der Waals surface area contributed by atoms with Gasteiger partial charge in [-0.1, -0.05) is 42.0 Å². The van der Waals surface area contributed by atoms with Crippen molar-refractivity contribution in [2.24, 2.45) is 0 Å². The third-order valence-electron chi connectivity index (χ3n) is 5.53. The van der Waals surface area contributed by atoms with Gasteiger partial charge in [-0.05, 0) is 37.5 Å². The highest BCUT2D eigenvalue weighted by Crippen LogP contribution is 2.46. The largest absolute Gasteiger partial charge is 0.422 e. The average molecular weight is 357 g/mol. The van der Waals surface area contributed by atoms with E-state index in [1.54, 1.807) is 6.07 Å². The second-order valence-corrected chi connectivity index (χ2v) is 7.32. The van der Waals surface area contributed by atoms with Crippen molar-refractivity contribution in [3.63, 3.8) is 0 Å². The maximum atomic E-state index is 13.0. The summed E-state index contributed by atoms with van der Waals surface area (Å²) in [5, 5.41) is 4.30. The molecule has 2 aliphatic rings. The number of para-hydroxylation sites is 1. The van der Waals surface area contributed by atoms with Gasteiger partial charge < -0.3 is 9.73 Å². The number of anilines is 1. The van der Waals surface area contributed by atoms with Crippen LogP contribution in [0.15, 0.2) is 69.0 Å². The lowest BCUT2D eigenvalue weighted by Crippen LogP contribution is -2.30.